The van der Waals surface area contributed by atoms with Crippen LogP contribution in [0.1, 0.15) is 30.0 Å². The third-order valence-corrected chi connectivity index (χ3v) is 3.57. The number of carboxylic acid groups (broad SMARTS) is 1. The normalized spacial score (nSPS) is 11.5. The van der Waals surface area contributed by atoms with Gasteiger partial charge in [-0.2, -0.15) is 0 Å². The predicted octanol–water partition coefficient (Wildman–Crippen LogP) is 0.417. The smallest absolute Gasteiger partial charge is 0.372 e. The number of sulfone groups is 1. The second-order valence-corrected chi connectivity index (χ2v) is 6.40. The molecular formula is C11H15NO6S. The first kappa shape index (κ1) is 15.2. The van der Waals surface area contributed by atoms with E-state index in [1.807, 2.05) is 0 Å². The zero-order valence-corrected chi connectivity index (χ0v) is 11.4. The molecule has 1 aromatic heterocycles. The van der Waals surface area contributed by atoms with E-state index < -0.39 is 39.0 Å². The molecule has 0 saturated carbocycles. The van der Waals surface area contributed by atoms with E-state index in [-0.39, 0.29) is 11.6 Å². The van der Waals surface area contributed by atoms with Gasteiger partial charge in [0.2, 0.25) is 11.7 Å². The predicted molar refractivity (Wildman–Crippen MR) is 66.4 cm³/mol. The molecular weight excluding hydrogens is 274 g/mol. The lowest BCUT2D eigenvalue weighted by atomic mass is 10.3. The molecule has 0 atom stereocenters. The molecule has 0 saturated heterocycles. The fraction of sp³-hybridized carbons (Fsp3) is 0.455. The maximum Gasteiger partial charge on any atom is 0.372 e. The van der Waals surface area contributed by atoms with Gasteiger partial charge in [-0.15, -0.1) is 0 Å². The van der Waals surface area contributed by atoms with Crippen LogP contribution < -0.4 is 5.32 Å². The maximum absolute atomic E-state index is 11.8. The number of aromatic carboxylic acids is 1. The van der Waals surface area contributed by atoms with Crippen LogP contribution in [0.15, 0.2) is 16.7 Å². The van der Waals surface area contributed by atoms with Gasteiger partial charge in [-0.25, -0.2) is 13.2 Å². The molecule has 7 nitrogen and oxygen atoms in total. The second kappa shape index (κ2) is 5.87. The van der Waals surface area contributed by atoms with E-state index in [2.05, 4.69) is 9.73 Å². The van der Waals surface area contributed by atoms with Crippen molar-refractivity contribution in [2.24, 2.45) is 0 Å². The molecule has 8 heteroatoms. The minimum atomic E-state index is -3.74. The first-order chi connectivity index (χ1) is 8.71. The molecule has 0 radical (unpaired) electrons. The summed E-state index contributed by atoms with van der Waals surface area (Å²) in [6.07, 6.45) is 1.10. The molecule has 0 aromatic carbocycles. The summed E-state index contributed by atoms with van der Waals surface area (Å²) in [5.74, 6) is -3.61. The molecule has 0 spiro atoms. The Hall–Kier alpha value is -1.83. The van der Waals surface area contributed by atoms with E-state index in [9.17, 15) is 18.0 Å². The SMILES string of the molecule is CC(C)NC(=O)CS(=O)(=O)Cc1ccoc1C(=O)O. The summed E-state index contributed by atoms with van der Waals surface area (Å²) in [6, 6.07) is 1.10. The van der Waals surface area contributed by atoms with Crippen LogP contribution in [0.2, 0.25) is 0 Å². The van der Waals surface area contributed by atoms with E-state index in [4.69, 9.17) is 5.11 Å². The molecule has 106 valence electrons. The van der Waals surface area contributed by atoms with Crippen molar-refractivity contribution >= 4 is 21.7 Å². The van der Waals surface area contributed by atoms with Gasteiger partial charge in [-0.05, 0) is 19.9 Å². The molecule has 0 aliphatic rings. The number of carboxylic acids is 1. The maximum atomic E-state index is 11.8. The highest BCUT2D eigenvalue weighted by atomic mass is 32.2. The van der Waals surface area contributed by atoms with E-state index in [1.54, 1.807) is 13.8 Å². The molecule has 0 bridgehead atoms. The van der Waals surface area contributed by atoms with Gasteiger partial charge in [0.05, 0.1) is 12.0 Å². The van der Waals surface area contributed by atoms with Crippen molar-refractivity contribution in [2.75, 3.05) is 5.75 Å². The first-order valence-corrected chi connectivity index (χ1v) is 7.33. The molecule has 0 aliphatic heterocycles. The number of amides is 1. The van der Waals surface area contributed by atoms with Crippen LogP contribution in [0, 0.1) is 0 Å². The average molecular weight is 289 g/mol. The topological polar surface area (TPSA) is 114 Å². The Morgan fingerprint density at radius 1 is 1.42 bits per heavy atom. The van der Waals surface area contributed by atoms with E-state index in [1.165, 1.54) is 6.07 Å². The van der Waals surface area contributed by atoms with Crippen molar-refractivity contribution in [3.05, 3.63) is 23.7 Å². The summed E-state index contributed by atoms with van der Waals surface area (Å²) in [6.45, 7) is 3.42. The summed E-state index contributed by atoms with van der Waals surface area (Å²) in [4.78, 5) is 22.2. The summed E-state index contributed by atoms with van der Waals surface area (Å²) in [5, 5.41) is 11.2. The Morgan fingerprint density at radius 2 is 2.05 bits per heavy atom. The lowest BCUT2D eigenvalue weighted by molar-refractivity contribution is -0.119. The molecule has 0 unspecified atom stereocenters. The third kappa shape index (κ3) is 4.74. The van der Waals surface area contributed by atoms with Crippen molar-refractivity contribution in [3.8, 4) is 0 Å². The fourth-order valence-electron chi connectivity index (χ4n) is 1.49. The largest absolute Gasteiger partial charge is 0.475 e. The lowest BCUT2D eigenvalue weighted by Crippen LogP contribution is -2.35. The lowest BCUT2D eigenvalue weighted by Gasteiger charge is -2.08. The standard InChI is InChI=1S/C11H15NO6S/c1-7(2)12-9(13)6-19(16,17)5-8-3-4-18-10(8)11(14)15/h3-4,7H,5-6H2,1-2H3,(H,12,13)(H,14,15). The summed E-state index contributed by atoms with van der Waals surface area (Å²) in [5.41, 5.74) is 0.0323. The molecule has 0 aliphatic carbocycles. The van der Waals surface area contributed by atoms with Crippen molar-refractivity contribution in [1.29, 1.82) is 0 Å². The number of carbonyl (C=O) groups excluding carboxylic acids is 1. The quantitative estimate of drug-likeness (QED) is 0.784. The third-order valence-electron chi connectivity index (χ3n) is 2.12. The molecule has 1 heterocycles. The molecule has 1 amide bonds. The van der Waals surface area contributed by atoms with Gasteiger partial charge in [0, 0.05) is 11.6 Å². The highest BCUT2D eigenvalue weighted by Crippen LogP contribution is 2.14. The van der Waals surface area contributed by atoms with Crippen LogP contribution in [-0.2, 0) is 20.4 Å². The van der Waals surface area contributed by atoms with Crippen molar-refractivity contribution in [2.45, 2.75) is 25.6 Å². The number of furan rings is 1. The number of nitrogens with one attached hydrogen (secondary N) is 1. The van der Waals surface area contributed by atoms with Gasteiger partial charge in [0.25, 0.3) is 0 Å². The van der Waals surface area contributed by atoms with Crippen LogP contribution in [0.3, 0.4) is 0 Å². The Labute approximate surface area is 110 Å². The van der Waals surface area contributed by atoms with Gasteiger partial charge in [-0.3, -0.25) is 4.79 Å². The molecule has 2 N–H and O–H groups in total. The van der Waals surface area contributed by atoms with Crippen LogP contribution >= 0.6 is 0 Å². The van der Waals surface area contributed by atoms with Gasteiger partial charge in [0.15, 0.2) is 9.84 Å². The van der Waals surface area contributed by atoms with Crippen molar-refractivity contribution in [1.82, 2.24) is 5.32 Å². The first-order valence-electron chi connectivity index (χ1n) is 5.50. The highest BCUT2D eigenvalue weighted by molar-refractivity contribution is 7.91. The van der Waals surface area contributed by atoms with Gasteiger partial charge in [0.1, 0.15) is 5.75 Å². The Balaban J connectivity index is 2.77. The summed E-state index contributed by atoms with van der Waals surface area (Å²) in [7, 11) is -3.74. The van der Waals surface area contributed by atoms with Crippen molar-refractivity contribution < 1.29 is 27.5 Å². The minimum Gasteiger partial charge on any atom is -0.475 e. The zero-order valence-electron chi connectivity index (χ0n) is 10.5. The minimum absolute atomic E-state index is 0.0323. The molecule has 0 fully saturated rings. The van der Waals surface area contributed by atoms with Crippen LogP contribution in [0.5, 0.6) is 0 Å². The summed E-state index contributed by atoms with van der Waals surface area (Å²) >= 11 is 0. The zero-order chi connectivity index (χ0) is 14.6. The van der Waals surface area contributed by atoms with Crippen LogP contribution in [0.25, 0.3) is 0 Å². The van der Waals surface area contributed by atoms with Gasteiger partial charge in [-0.1, -0.05) is 0 Å². The van der Waals surface area contributed by atoms with Crippen LogP contribution in [-0.4, -0.2) is 37.2 Å². The summed E-state index contributed by atoms with van der Waals surface area (Å²) < 4.78 is 28.2. The number of hydrogen-bond donors (Lipinski definition) is 2. The molecule has 19 heavy (non-hydrogen) atoms. The van der Waals surface area contributed by atoms with E-state index in [0.29, 0.717) is 0 Å². The van der Waals surface area contributed by atoms with Gasteiger partial charge >= 0.3 is 5.97 Å². The Morgan fingerprint density at radius 3 is 2.58 bits per heavy atom. The highest BCUT2D eigenvalue weighted by Gasteiger charge is 2.23. The monoisotopic (exact) mass is 289 g/mol. The van der Waals surface area contributed by atoms with E-state index in [0.717, 1.165) is 6.26 Å². The molecule has 1 aromatic rings. The molecule has 1 rings (SSSR count). The number of rotatable bonds is 6. The Bertz CT molecular complexity index is 572. The second-order valence-electron chi connectivity index (χ2n) is 4.33. The van der Waals surface area contributed by atoms with Crippen LogP contribution in [0.4, 0.5) is 0 Å². The Kier molecular flexibility index (Phi) is 4.71. The van der Waals surface area contributed by atoms with Crippen molar-refractivity contribution in [3.63, 3.8) is 0 Å². The van der Waals surface area contributed by atoms with Gasteiger partial charge < -0.3 is 14.8 Å². The number of carbonyl (C=O) groups is 2. The average Bonchev–Trinajstić information content (AvgIpc) is 2.61. The number of hydrogen-bond acceptors (Lipinski definition) is 5. The van der Waals surface area contributed by atoms with E-state index >= 15 is 0 Å². The fourth-order valence-corrected chi connectivity index (χ4v) is 2.77.